The lowest BCUT2D eigenvalue weighted by molar-refractivity contribution is 0.0951. The van der Waals surface area contributed by atoms with Crippen molar-refractivity contribution in [3.05, 3.63) is 53.7 Å². The number of rotatable bonds is 4. The normalized spacial score (nSPS) is 22.6. The zero-order valence-corrected chi connectivity index (χ0v) is 17.1. The summed E-state index contributed by atoms with van der Waals surface area (Å²) in [6.07, 6.45) is 5.21. The smallest absolute Gasteiger partial charge is 0.251 e. The number of fused-ring (bicyclic) bond motifs is 3. The molecule has 152 valence electrons. The van der Waals surface area contributed by atoms with E-state index >= 15 is 0 Å². The first kappa shape index (κ1) is 17.8. The van der Waals surface area contributed by atoms with Crippen LogP contribution >= 0.6 is 0 Å². The van der Waals surface area contributed by atoms with Gasteiger partial charge in [0.25, 0.3) is 5.91 Å². The molecule has 3 heterocycles. The van der Waals surface area contributed by atoms with Crippen molar-refractivity contribution in [1.29, 1.82) is 0 Å². The van der Waals surface area contributed by atoms with Gasteiger partial charge in [-0.05, 0) is 67.1 Å². The Morgan fingerprint density at radius 1 is 1.20 bits per heavy atom. The number of benzene rings is 2. The number of carbonyl (C=O) groups is 1. The Labute approximate surface area is 175 Å². The van der Waals surface area contributed by atoms with Gasteiger partial charge in [-0.2, -0.15) is 5.10 Å². The highest BCUT2D eigenvalue weighted by Crippen LogP contribution is 2.35. The third-order valence-corrected chi connectivity index (χ3v) is 6.69. The van der Waals surface area contributed by atoms with Gasteiger partial charge < -0.3 is 15.5 Å². The summed E-state index contributed by atoms with van der Waals surface area (Å²) in [5.41, 5.74) is 4.06. The second-order valence-electron chi connectivity index (χ2n) is 8.89. The fraction of sp³-hybridized carbons (Fsp3) is 0.375. The Kier molecular flexibility index (Phi) is 4.03. The minimum atomic E-state index is 0.0189. The molecule has 1 aromatic heterocycles. The Morgan fingerprint density at radius 3 is 2.87 bits per heavy atom. The lowest BCUT2D eigenvalue weighted by Gasteiger charge is -2.28. The van der Waals surface area contributed by atoms with Crippen molar-refractivity contribution in [2.45, 2.75) is 44.3 Å². The van der Waals surface area contributed by atoms with Crippen molar-refractivity contribution in [2.24, 2.45) is 0 Å². The maximum absolute atomic E-state index is 12.5. The topological polar surface area (TPSA) is 70.2 Å². The Morgan fingerprint density at radius 2 is 2.10 bits per heavy atom. The Balaban J connectivity index is 1.37. The van der Waals surface area contributed by atoms with Crippen LogP contribution in [-0.4, -0.2) is 47.3 Å². The van der Waals surface area contributed by atoms with E-state index in [0.29, 0.717) is 18.1 Å². The maximum Gasteiger partial charge on any atom is 0.251 e. The van der Waals surface area contributed by atoms with Gasteiger partial charge in [0.1, 0.15) is 0 Å². The Hall–Kier alpha value is -2.99. The van der Waals surface area contributed by atoms with Gasteiger partial charge in [0.05, 0.1) is 6.20 Å². The molecule has 3 aromatic rings. The molecule has 3 fully saturated rings. The number of amides is 1. The van der Waals surface area contributed by atoms with Crippen molar-refractivity contribution >= 4 is 22.5 Å². The van der Waals surface area contributed by atoms with Crippen LogP contribution in [0.1, 0.15) is 35.2 Å². The molecule has 1 aliphatic carbocycles. The van der Waals surface area contributed by atoms with Gasteiger partial charge >= 0.3 is 0 Å². The summed E-state index contributed by atoms with van der Waals surface area (Å²) < 4.78 is 0. The van der Waals surface area contributed by atoms with E-state index in [-0.39, 0.29) is 5.91 Å². The van der Waals surface area contributed by atoms with Crippen LogP contribution in [0.25, 0.3) is 21.9 Å². The van der Waals surface area contributed by atoms with Crippen LogP contribution in [0.15, 0.2) is 42.6 Å². The summed E-state index contributed by atoms with van der Waals surface area (Å²) in [6, 6.07) is 13.9. The van der Waals surface area contributed by atoms with Gasteiger partial charge in [0, 0.05) is 47.6 Å². The van der Waals surface area contributed by atoms with Crippen LogP contribution in [0.5, 0.6) is 0 Å². The maximum atomic E-state index is 12.5. The fourth-order valence-electron chi connectivity index (χ4n) is 4.84. The monoisotopic (exact) mass is 399 g/mol. The highest BCUT2D eigenvalue weighted by atomic mass is 16.1. The molecular formula is C24H25N5O. The molecule has 0 unspecified atom stereocenters. The minimum Gasteiger partial charge on any atom is -0.349 e. The first-order chi connectivity index (χ1) is 14.7. The van der Waals surface area contributed by atoms with Crippen molar-refractivity contribution in [3.63, 3.8) is 0 Å². The molecule has 0 spiro atoms. The number of piperazine rings is 1. The van der Waals surface area contributed by atoms with Gasteiger partial charge in [0.2, 0.25) is 0 Å². The summed E-state index contributed by atoms with van der Waals surface area (Å²) in [7, 11) is 0. The number of aryl methyl sites for hydroxylation is 1. The second kappa shape index (κ2) is 6.77. The third-order valence-electron chi connectivity index (χ3n) is 6.69. The van der Waals surface area contributed by atoms with Gasteiger partial charge in [-0.3, -0.25) is 4.79 Å². The summed E-state index contributed by atoms with van der Waals surface area (Å²) in [5, 5.41) is 17.7. The fourth-order valence-corrected chi connectivity index (χ4v) is 4.84. The summed E-state index contributed by atoms with van der Waals surface area (Å²) in [5.74, 6) is 1.01. The summed E-state index contributed by atoms with van der Waals surface area (Å²) >= 11 is 0. The Bertz CT molecular complexity index is 1160. The molecule has 6 rings (SSSR count). The molecule has 6 nitrogen and oxygen atoms in total. The van der Waals surface area contributed by atoms with Crippen LogP contribution in [0.2, 0.25) is 0 Å². The highest BCUT2D eigenvalue weighted by Gasteiger charge is 2.38. The molecule has 2 aromatic carbocycles. The van der Waals surface area contributed by atoms with Gasteiger partial charge in [-0.15, -0.1) is 5.10 Å². The first-order valence-corrected chi connectivity index (χ1v) is 10.8. The number of nitrogens with zero attached hydrogens (tertiary/aromatic N) is 3. The van der Waals surface area contributed by atoms with Crippen molar-refractivity contribution < 1.29 is 4.79 Å². The number of carbonyl (C=O) groups excluding carboxylic acids is 1. The molecule has 2 aliphatic heterocycles. The quantitative estimate of drug-likeness (QED) is 0.706. The average Bonchev–Trinajstić information content (AvgIpc) is 3.32. The number of hydrogen-bond donors (Lipinski definition) is 2. The predicted octanol–water partition coefficient (Wildman–Crippen LogP) is 3.05. The molecule has 2 saturated heterocycles. The van der Waals surface area contributed by atoms with E-state index in [2.05, 4.69) is 50.9 Å². The van der Waals surface area contributed by atoms with Crippen molar-refractivity contribution in [3.8, 4) is 11.1 Å². The zero-order valence-electron chi connectivity index (χ0n) is 17.1. The molecule has 2 N–H and O–H groups in total. The molecular weight excluding hydrogens is 374 g/mol. The zero-order chi connectivity index (χ0) is 20.2. The summed E-state index contributed by atoms with van der Waals surface area (Å²) in [4.78, 5) is 14.9. The molecule has 6 heteroatoms. The van der Waals surface area contributed by atoms with Gasteiger partial charge in [-0.1, -0.05) is 12.1 Å². The molecule has 2 atom stereocenters. The highest BCUT2D eigenvalue weighted by molar-refractivity contribution is 5.98. The van der Waals surface area contributed by atoms with Crippen molar-refractivity contribution in [2.75, 3.05) is 18.0 Å². The van der Waals surface area contributed by atoms with E-state index in [9.17, 15) is 4.79 Å². The number of anilines is 1. The SMILES string of the molecule is Cc1ccc(C(=O)NC2CC2)cc1-c1ccc2c(N3C[C@@H]4C[C@H]3CN4)nncc2c1. The molecule has 3 aliphatic rings. The van der Waals surface area contributed by atoms with Crippen LogP contribution < -0.4 is 15.5 Å². The van der Waals surface area contributed by atoms with E-state index in [1.807, 2.05) is 24.4 Å². The lowest BCUT2D eigenvalue weighted by atomic mass is 9.96. The number of nitrogens with one attached hydrogen (secondary N) is 2. The predicted molar refractivity (Wildman–Crippen MR) is 118 cm³/mol. The molecule has 1 saturated carbocycles. The first-order valence-electron chi connectivity index (χ1n) is 10.8. The third kappa shape index (κ3) is 3.03. The number of hydrogen-bond acceptors (Lipinski definition) is 5. The van der Waals surface area contributed by atoms with Gasteiger partial charge in [0.15, 0.2) is 5.82 Å². The van der Waals surface area contributed by atoms with E-state index in [4.69, 9.17) is 0 Å². The van der Waals surface area contributed by atoms with Crippen LogP contribution in [0, 0.1) is 6.92 Å². The van der Waals surface area contributed by atoms with Crippen LogP contribution in [0.4, 0.5) is 5.82 Å². The van der Waals surface area contributed by atoms with E-state index in [0.717, 1.165) is 64.8 Å². The average molecular weight is 399 g/mol. The van der Waals surface area contributed by atoms with E-state index < -0.39 is 0 Å². The van der Waals surface area contributed by atoms with E-state index in [1.54, 1.807) is 0 Å². The number of aromatic nitrogens is 2. The van der Waals surface area contributed by atoms with E-state index in [1.165, 1.54) is 6.42 Å². The van der Waals surface area contributed by atoms with Crippen LogP contribution in [-0.2, 0) is 0 Å². The summed E-state index contributed by atoms with van der Waals surface area (Å²) in [6.45, 7) is 4.11. The molecule has 30 heavy (non-hydrogen) atoms. The molecule has 2 bridgehead atoms. The second-order valence-corrected chi connectivity index (χ2v) is 8.89. The van der Waals surface area contributed by atoms with Crippen molar-refractivity contribution in [1.82, 2.24) is 20.8 Å². The minimum absolute atomic E-state index is 0.0189. The largest absolute Gasteiger partial charge is 0.349 e. The molecule has 1 amide bonds. The lowest BCUT2D eigenvalue weighted by Crippen LogP contribution is -2.44. The van der Waals surface area contributed by atoms with Gasteiger partial charge in [-0.25, -0.2) is 0 Å². The standard InChI is InChI=1S/C24H25N5O/c1-14-2-3-16(24(30)27-18-5-6-18)9-22(14)15-4-7-21-17(8-15)11-26-28-23(21)29-13-19-10-20(29)12-25-19/h2-4,7-9,11,18-20,25H,5-6,10,12-13H2,1H3,(H,27,30)/t19-,20-/m0/s1. The molecule has 0 radical (unpaired) electrons. The van der Waals surface area contributed by atoms with Crippen LogP contribution in [0.3, 0.4) is 0 Å².